The second kappa shape index (κ2) is 59.6. The van der Waals surface area contributed by atoms with Gasteiger partial charge >= 0.3 is 17.9 Å². The second-order valence-corrected chi connectivity index (χ2v) is 18.4. The van der Waals surface area contributed by atoms with E-state index in [1.807, 2.05) is 0 Å². The van der Waals surface area contributed by atoms with Crippen LogP contribution >= 0.6 is 0 Å². The Labute approximate surface area is 448 Å². The van der Waals surface area contributed by atoms with Crippen LogP contribution in [0.2, 0.25) is 0 Å². The fraction of sp³-hybridized carbons (Fsp3) is 0.567. The van der Waals surface area contributed by atoms with Gasteiger partial charge < -0.3 is 14.2 Å². The number of hydrogen-bond donors (Lipinski definition) is 0. The van der Waals surface area contributed by atoms with Gasteiger partial charge in [0.15, 0.2) is 6.10 Å². The predicted molar refractivity (Wildman–Crippen MR) is 315 cm³/mol. The Kier molecular flexibility index (Phi) is 55.5. The summed E-state index contributed by atoms with van der Waals surface area (Å²) < 4.78 is 16.8. The van der Waals surface area contributed by atoms with E-state index in [-0.39, 0.29) is 44.0 Å². The van der Waals surface area contributed by atoms with Gasteiger partial charge in [-0.15, -0.1) is 0 Å². The molecule has 0 bridgehead atoms. The highest BCUT2D eigenvalue weighted by atomic mass is 16.6. The third kappa shape index (κ3) is 57.8. The van der Waals surface area contributed by atoms with Crippen molar-refractivity contribution in [3.8, 4) is 0 Å². The molecular weight excluding hydrogens is 901 g/mol. The van der Waals surface area contributed by atoms with Crippen LogP contribution in [0, 0.1) is 0 Å². The Morgan fingerprint density at radius 2 is 0.548 bits per heavy atom. The van der Waals surface area contributed by atoms with Gasteiger partial charge in [-0.1, -0.05) is 224 Å². The molecule has 0 aromatic rings. The highest BCUT2D eigenvalue weighted by Crippen LogP contribution is 2.12. The number of unbranched alkanes of at least 4 members (excludes halogenated alkanes) is 13. The molecule has 0 saturated heterocycles. The van der Waals surface area contributed by atoms with Crippen molar-refractivity contribution < 1.29 is 28.6 Å². The van der Waals surface area contributed by atoms with E-state index in [1.165, 1.54) is 51.4 Å². The van der Waals surface area contributed by atoms with E-state index in [2.05, 4.69) is 179 Å². The van der Waals surface area contributed by atoms with Crippen LogP contribution < -0.4 is 0 Å². The van der Waals surface area contributed by atoms with Crippen LogP contribution in [0.1, 0.15) is 226 Å². The van der Waals surface area contributed by atoms with Crippen molar-refractivity contribution in [3.63, 3.8) is 0 Å². The lowest BCUT2D eigenvalue weighted by Crippen LogP contribution is -2.30. The average molecular weight is 1010 g/mol. The van der Waals surface area contributed by atoms with Crippen LogP contribution in [0.15, 0.2) is 158 Å². The lowest BCUT2D eigenvalue weighted by Gasteiger charge is -2.18. The number of esters is 3. The minimum absolute atomic E-state index is 0.126. The molecule has 0 fully saturated rings. The normalized spacial score (nSPS) is 13.3. The van der Waals surface area contributed by atoms with Gasteiger partial charge in [0.05, 0.1) is 0 Å². The van der Waals surface area contributed by atoms with Crippen molar-refractivity contribution in [2.24, 2.45) is 0 Å². The summed E-state index contributed by atoms with van der Waals surface area (Å²) >= 11 is 0. The van der Waals surface area contributed by atoms with Crippen molar-refractivity contribution in [3.05, 3.63) is 158 Å². The average Bonchev–Trinajstić information content (AvgIpc) is 3.39. The molecule has 0 aromatic carbocycles. The molecule has 0 radical (unpaired) electrons. The molecule has 0 amide bonds. The SMILES string of the molecule is CC/C=C\C/C=C\C/C=C\C/C=C\C/C=C\C/C=C\CCCCC(=O)OCC(COC(=O)CCCCCCCCC/C=C\C/C=C\CCCCC)OC(=O)CCC/C=C\C/C=C\C/C=C\C/C=C\C/C=C\CC. The summed E-state index contributed by atoms with van der Waals surface area (Å²) in [6.07, 6.45) is 86.6. The van der Waals surface area contributed by atoms with Crippen LogP contribution in [-0.2, 0) is 28.6 Å². The minimum Gasteiger partial charge on any atom is -0.462 e. The Hall–Kier alpha value is -4.97. The zero-order valence-corrected chi connectivity index (χ0v) is 46.6. The van der Waals surface area contributed by atoms with E-state index in [1.54, 1.807) is 0 Å². The minimum atomic E-state index is -0.838. The number of rotatable bonds is 50. The van der Waals surface area contributed by atoms with Crippen LogP contribution in [0.25, 0.3) is 0 Å². The van der Waals surface area contributed by atoms with Gasteiger partial charge in [0.25, 0.3) is 0 Å². The summed E-state index contributed by atoms with van der Waals surface area (Å²) in [6.45, 7) is 6.28. The standard InChI is InChI=1S/C67H104O6/c1-4-7-10-13-16-19-22-25-28-31-32-33-34-37-39-42-45-48-51-54-57-60-66(69)72-63-64(73-67(70)61-58-55-52-49-46-43-40-36-30-27-24-21-18-15-12-9-6-3)62-71-65(68)59-56-53-50-47-44-41-38-35-29-26-23-20-17-14-11-8-5-2/h7,9-10,12,16-21,25-30,32-33,37,39-40,43,45,48-49,52,64H,4-6,8,11,13-15,22-24,31,34-36,38,41-42,44,46-47,50-51,53-63H2,1-3H3/b10-7-,12-9-,19-16-,20-17-,21-18-,28-25-,29-26-,30-27-,33-32-,39-37-,43-40-,48-45-,52-49-. The van der Waals surface area contributed by atoms with Crippen LogP contribution in [0.3, 0.4) is 0 Å². The molecule has 0 saturated carbocycles. The molecule has 6 heteroatoms. The first kappa shape index (κ1) is 68.0. The number of allylic oxidation sites excluding steroid dienone is 26. The molecule has 1 atom stereocenters. The van der Waals surface area contributed by atoms with Gasteiger partial charge in [-0.05, 0) is 141 Å². The molecule has 0 N–H and O–H groups in total. The first-order valence-electron chi connectivity index (χ1n) is 29.0. The quantitative estimate of drug-likeness (QED) is 0.0261. The molecule has 408 valence electrons. The molecule has 0 aliphatic rings. The van der Waals surface area contributed by atoms with Crippen molar-refractivity contribution in [2.75, 3.05) is 13.2 Å². The van der Waals surface area contributed by atoms with Crippen LogP contribution in [0.4, 0.5) is 0 Å². The summed E-state index contributed by atoms with van der Waals surface area (Å²) in [4.78, 5) is 38.2. The Bertz CT molecular complexity index is 1670. The number of carbonyl (C=O) groups excluding carboxylic acids is 3. The van der Waals surface area contributed by atoms with Gasteiger partial charge in [-0.2, -0.15) is 0 Å². The fourth-order valence-corrected chi connectivity index (χ4v) is 7.22. The van der Waals surface area contributed by atoms with Crippen molar-refractivity contribution in [2.45, 2.75) is 232 Å². The molecule has 0 spiro atoms. The molecule has 0 heterocycles. The first-order chi connectivity index (χ1) is 36.0. The third-order valence-corrected chi connectivity index (χ3v) is 11.5. The molecule has 1 unspecified atom stereocenters. The third-order valence-electron chi connectivity index (χ3n) is 11.5. The smallest absolute Gasteiger partial charge is 0.306 e. The Morgan fingerprint density at radius 3 is 0.904 bits per heavy atom. The van der Waals surface area contributed by atoms with Gasteiger partial charge in [-0.3, -0.25) is 14.4 Å². The van der Waals surface area contributed by atoms with E-state index in [4.69, 9.17) is 14.2 Å². The zero-order valence-electron chi connectivity index (χ0n) is 46.6. The maximum Gasteiger partial charge on any atom is 0.306 e. The first-order valence-corrected chi connectivity index (χ1v) is 29.0. The van der Waals surface area contributed by atoms with E-state index in [0.29, 0.717) is 19.3 Å². The summed E-state index contributed by atoms with van der Waals surface area (Å²) in [7, 11) is 0. The number of ether oxygens (including phenoxy) is 3. The lowest BCUT2D eigenvalue weighted by molar-refractivity contribution is -0.167. The Morgan fingerprint density at radius 1 is 0.288 bits per heavy atom. The largest absolute Gasteiger partial charge is 0.462 e. The van der Waals surface area contributed by atoms with E-state index in [9.17, 15) is 14.4 Å². The van der Waals surface area contributed by atoms with Crippen molar-refractivity contribution in [1.82, 2.24) is 0 Å². The maximum absolute atomic E-state index is 12.8. The molecule has 73 heavy (non-hydrogen) atoms. The van der Waals surface area contributed by atoms with Gasteiger partial charge in [0.1, 0.15) is 13.2 Å². The van der Waals surface area contributed by atoms with Gasteiger partial charge in [-0.25, -0.2) is 0 Å². The van der Waals surface area contributed by atoms with Gasteiger partial charge in [0.2, 0.25) is 0 Å². The second-order valence-electron chi connectivity index (χ2n) is 18.4. The number of carbonyl (C=O) groups is 3. The van der Waals surface area contributed by atoms with E-state index < -0.39 is 6.10 Å². The van der Waals surface area contributed by atoms with Gasteiger partial charge in [0, 0.05) is 19.3 Å². The van der Waals surface area contributed by atoms with Crippen LogP contribution in [-0.4, -0.2) is 37.2 Å². The summed E-state index contributed by atoms with van der Waals surface area (Å²) in [6, 6.07) is 0. The summed E-state index contributed by atoms with van der Waals surface area (Å²) in [5, 5.41) is 0. The highest BCUT2D eigenvalue weighted by molar-refractivity contribution is 5.71. The fourth-order valence-electron chi connectivity index (χ4n) is 7.22. The highest BCUT2D eigenvalue weighted by Gasteiger charge is 2.19. The Balaban J connectivity index is 4.60. The van der Waals surface area contributed by atoms with E-state index >= 15 is 0 Å². The lowest BCUT2D eigenvalue weighted by atomic mass is 10.1. The topological polar surface area (TPSA) is 78.9 Å². The molecule has 0 aromatic heterocycles. The van der Waals surface area contributed by atoms with Crippen molar-refractivity contribution in [1.29, 1.82) is 0 Å². The molecule has 0 rings (SSSR count). The van der Waals surface area contributed by atoms with Crippen LogP contribution in [0.5, 0.6) is 0 Å². The maximum atomic E-state index is 12.8. The van der Waals surface area contributed by atoms with E-state index in [0.717, 1.165) is 122 Å². The molecule has 0 aliphatic heterocycles. The van der Waals surface area contributed by atoms with Crippen molar-refractivity contribution >= 4 is 17.9 Å². The molecule has 0 aliphatic carbocycles. The number of hydrogen-bond acceptors (Lipinski definition) is 6. The summed E-state index contributed by atoms with van der Waals surface area (Å²) in [5.74, 6) is -1.05. The molecular formula is C67H104O6. The summed E-state index contributed by atoms with van der Waals surface area (Å²) in [5.41, 5.74) is 0. The molecule has 6 nitrogen and oxygen atoms in total. The monoisotopic (exact) mass is 1000 g/mol. The zero-order chi connectivity index (χ0) is 52.9. The predicted octanol–water partition coefficient (Wildman–Crippen LogP) is 19.8.